The van der Waals surface area contributed by atoms with Crippen LogP contribution in [0.15, 0.2) is 59.5 Å². The zero-order valence-electron chi connectivity index (χ0n) is 12.2. The van der Waals surface area contributed by atoms with E-state index in [-0.39, 0.29) is 10.9 Å². The number of carbonyl (C=O) groups excluding carboxylic acids is 1. The Hall–Kier alpha value is -3.48. The summed E-state index contributed by atoms with van der Waals surface area (Å²) in [7, 11) is 0. The van der Waals surface area contributed by atoms with E-state index in [2.05, 4.69) is 5.32 Å². The fraction of sp³-hybridized carbons (Fsp3) is 0. The van der Waals surface area contributed by atoms with Crippen LogP contribution in [0.25, 0.3) is 10.9 Å². The van der Waals surface area contributed by atoms with E-state index in [1.165, 1.54) is 36.4 Å². The van der Waals surface area contributed by atoms with Crippen molar-refractivity contribution in [2.24, 2.45) is 0 Å². The molecule has 3 aromatic rings. The Bertz CT molecular complexity index is 1010. The van der Waals surface area contributed by atoms with Crippen LogP contribution in [0.3, 0.4) is 0 Å². The summed E-state index contributed by atoms with van der Waals surface area (Å²) < 4.78 is 14.0. The predicted octanol–water partition coefficient (Wildman–Crippen LogP) is 2.92. The number of rotatable bonds is 2. The van der Waals surface area contributed by atoms with Gasteiger partial charge in [-0.15, -0.1) is 0 Å². The summed E-state index contributed by atoms with van der Waals surface area (Å²) in [4.78, 5) is 35.9. The lowest BCUT2D eigenvalue weighted by atomic mass is 10.1. The summed E-state index contributed by atoms with van der Waals surface area (Å²) in [5.74, 6) is -1.87. The lowest BCUT2D eigenvalue weighted by Crippen LogP contribution is -2.25. The molecule has 0 saturated carbocycles. The van der Waals surface area contributed by atoms with Crippen molar-refractivity contribution in [3.63, 3.8) is 0 Å². The molecule has 2 aromatic carbocycles. The molecule has 0 saturated heterocycles. The van der Waals surface area contributed by atoms with E-state index in [0.717, 1.165) is 10.8 Å². The van der Waals surface area contributed by atoms with Gasteiger partial charge in [-0.1, -0.05) is 12.1 Å². The Morgan fingerprint density at radius 3 is 2.38 bits per heavy atom. The van der Waals surface area contributed by atoms with E-state index in [1.807, 2.05) is 0 Å². The van der Waals surface area contributed by atoms with Crippen LogP contribution in [-0.4, -0.2) is 21.7 Å². The quantitative estimate of drug-likeness (QED) is 0.758. The summed E-state index contributed by atoms with van der Waals surface area (Å²) in [5, 5.41) is 11.8. The van der Waals surface area contributed by atoms with E-state index in [9.17, 15) is 18.8 Å². The van der Waals surface area contributed by atoms with Crippen molar-refractivity contribution in [2.75, 3.05) is 5.32 Å². The zero-order valence-corrected chi connectivity index (χ0v) is 12.2. The summed E-state index contributed by atoms with van der Waals surface area (Å²) in [5.41, 5.74) is -0.569. The first-order valence-corrected chi connectivity index (χ1v) is 6.92. The second-order valence-corrected chi connectivity index (χ2v) is 5.00. The Kier molecular flexibility index (Phi) is 3.83. The molecule has 1 aromatic heterocycles. The standard InChI is InChI=1S/C17H11FN2O4/c18-10-5-7-11(8-6-10)19-17(24)20-9-13(16(22)23)15(21)12-3-1-2-4-14(12)20/h1-9H,(H,19,24)(H,22,23). The molecule has 3 rings (SSSR count). The highest BCUT2D eigenvalue weighted by atomic mass is 19.1. The van der Waals surface area contributed by atoms with Gasteiger partial charge in [0.2, 0.25) is 5.43 Å². The van der Waals surface area contributed by atoms with Crippen LogP contribution in [0.2, 0.25) is 0 Å². The molecule has 0 unspecified atom stereocenters. The molecule has 6 nitrogen and oxygen atoms in total. The predicted molar refractivity (Wildman–Crippen MR) is 86.0 cm³/mol. The van der Waals surface area contributed by atoms with Gasteiger partial charge in [0.1, 0.15) is 11.4 Å². The number of para-hydroxylation sites is 1. The summed E-state index contributed by atoms with van der Waals surface area (Å²) >= 11 is 0. The van der Waals surface area contributed by atoms with Gasteiger partial charge < -0.3 is 10.4 Å². The highest BCUT2D eigenvalue weighted by Gasteiger charge is 2.17. The van der Waals surface area contributed by atoms with Crippen LogP contribution in [-0.2, 0) is 0 Å². The van der Waals surface area contributed by atoms with E-state index in [0.29, 0.717) is 5.69 Å². The number of benzene rings is 2. The molecule has 0 aliphatic carbocycles. The molecule has 24 heavy (non-hydrogen) atoms. The molecule has 1 heterocycles. The smallest absolute Gasteiger partial charge is 0.341 e. The van der Waals surface area contributed by atoms with Gasteiger partial charge in [0.15, 0.2) is 0 Å². The zero-order chi connectivity index (χ0) is 17.3. The molecule has 1 amide bonds. The normalized spacial score (nSPS) is 10.5. The van der Waals surface area contributed by atoms with Crippen molar-refractivity contribution in [1.82, 2.24) is 4.57 Å². The maximum Gasteiger partial charge on any atom is 0.341 e. The molecule has 7 heteroatoms. The van der Waals surface area contributed by atoms with Crippen molar-refractivity contribution in [2.45, 2.75) is 0 Å². The van der Waals surface area contributed by atoms with Gasteiger partial charge in [-0.3, -0.25) is 9.36 Å². The third kappa shape index (κ3) is 2.74. The third-order valence-electron chi connectivity index (χ3n) is 3.46. The van der Waals surface area contributed by atoms with Crippen LogP contribution < -0.4 is 10.7 Å². The highest BCUT2D eigenvalue weighted by molar-refractivity contribution is 6.00. The monoisotopic (exact) mass is 326 g/mol. The molecular weight excluding hydrogens is 315 g/mol. The van der Waals surface area contributed by atoms with Crippen molar-refractivity contribution in [3.05, 3.63) is 76.3 Å². The number of hydrogen-bond donors (Lipinski definition) is 2. The second kappa shape index (κ2) is 5.96. The van der Waals surface area contributed by atoms with Gasteiger partial charge in [-0.2, -0.15) is 0 Å². The lowest BCUT2D eigenvalue weighted by molar-refractivity contribution is 0.0695. The number of aromatic nitrogens is 1. The molecule has 0 aliphatic heterocycles. The largest absolute Gasteiger partial charge is 0.477 e. The first-order chi connectivity index (χ1) is 11.5. The first-order valence-electron chi connectivity index (χ1n) is 6.92. The molecule has 0 atom stereocenters. The fourth-order valence-corrected chi connectivity index (χ4v) is 2.32. The molecule has 0 fully saturated rings. The number of halogens is 1. The number of carbonyl (C=O) groups is 2. The lowest BCUT2D eigenvalue weighted by Gasteiger charge is -2.12. The average Bonchev–Trinajstić information content (AvgIpc) is 2.57. The van der Waals surface area contributed by atoms with Crippen LogP contribution in [0.1, 0.15) is 10.4 Å². The van der Waals surface area contributed by atoms with Gasteiger partial charge in [0.25, 0.3) is 0 Å². The number of carboxylic acids is 1. The SMILES string of the molecule is O=C(O)c1cn(C(=O)Nc2ccc(F)cc2)c2ccccc2c1=O. The fourth-order valence-electron chi connectivity index (χ4n) is 2.32. The Morgan fingerprint density at radius 2 is 1.71 bits per heavy atom. The van der Waals surface area contributed by atoms with Gasteiger partial charge in [0, 0.05) is 17.3 Å². The molecule has 2 N–H and O–H groups in total. The molecule has 0 spiro atoms. The molecule has 120 valence electrons. The number of aromatic carboxylic acids is 1. The second-order valence-electron chi connectivity index (χ2n) is 5.00. The van der Waals surface area contributed by atoms with Crippen LogP contribution in [0, 0.1) is 5.82 Å². The number of fused-ring (bicyclic) bond motifs is 1. The van der Waals surface area contributed by atoms with Gasteiger partial charge in [-0.05, 0) is 36.4 Å². The minimum absolute atomic E-state index is 0.117. The highest BCUT2D eigenvalue weighted by Crippen LogP contribution is 2.14. The Labute approximate surface area is 134 Å². The molecular formula is C17H11FN2O4. The van der Waals surface area contributed by atoms with Crippen LogP contribution in [0.5, 0.6) is 0 Å². The van der Waals surface area contributed by atoms with Gasteiger partial charge in [-0.25, -0.2) is 14.0 Å². The maximum absolute atomic E-state index is 12.9. The van der Waals surface area contributed by atoms with Crippen LogP contribution >= 0.6 is 0 Å². The van der Waals surface area contributed by atoms with Crippen molar-refractivity contribution in [1.29, 1.82) is 0 Å². The summed E-state index contributed by atoms with van der Waals surface area (Å²) in [6.45, 7) is 0. The number of nitrogens with one attached hydrogen (secondary N) is 1. The Morgan fingerprint density at radius 1 is 1.04 bits per heavy atom. The van der Waals surface area contributed by atoms with E-state index in [1.54, 1.807) is 12.1 Å². The molecule has 0 radical (unpaired) electrons. The van der Waals surface area contributed by atoms with Gasteiger partial charge >= 0.3 is 12.0 Å². The minimum atomic E-state index is -1.42. The minimum Gasteiger partial charge on any atom is -0.477 e. The number of pyridine rings is 1. The van der Waals surface area contributed by atoms with E-state index < -0.39 is 28.8 Å². The molecule has 0 bridgehead atoms. The summed E-state index contributed by atoms with van der Waals surface area (Å²) in [6.07, 6.45) is 0.978. The first kappa shape index (κ1) is 15.4. The molecule has 0 aliphatic rings. The summed E-state index contributed by atoms with van der Waals surface area (Å²) in [6, 6.07) is 10.6. The number of carboxylic acid groups (broad SMARTS) is 1. The van der Waals surface area contributed by atoms with Crippen LogP contribution in [0.4, 0.5) is 14.9 Å². The number of hydrogen-bond acceptors (Lipinski definition) is 3. The van der Waals surface area contributed by atoms with Crippen molar-refractivity contribution >= 4 is 28.6 Å². The van der Waals surface area contributed by atoms with Crippen molar-refractivity contribution < 1.29 is 19.1 Å². The van der Waals surface area contributed by atoms with Crippen molar-refractivity contribution in [3.8, 4) is 0 Å². The number of nitrogens with zero attached hydrogens (tertiary/aromatic N) is 1. The average molecular weight is 326 g/mol. The maximum atomic E-state index is 12.9. The third-order valence-corrected chi connectivity index (χ3v) is 3.46. The van der Waals surface area contributed by atoms with E-state index >= 15 is 0 Å². The topological polar surface area (TPSA) is 88.4 Å². The van der Waals surface area contributed by atoms with Gasteiger partial charge in [0.05, 0.1) is 5.52 Å². The van der Waals surface area contributed by atoms with E-state index in [4.69, 9.17) is 5.11 Å². The number of anilines is 1. The Balaban J connectivity index is 2.12. The number of amides is 1.